The third-order valence-corrected chi connectivity index (χ3v) is 4.55. The van der Waals surface area contributed by atoms with Crippen LogP contribution < -0.4 is 0 Å². The highest BCUT2D eigenvalue weighted by Gasteiger charge is 2.27. The first-order valence-corrected chi connectivity index (χ1v) is 6.72. The van der Waals surface area contributed by atoms with Gasteiger partial charge in [0, 0.05) is 22.3 Å². The highest BCUT2D eigenvalue weighted by atomic mass is 32.2. The molecule has 94 valence electrons. The molecule has 0 spiro atoms. The second-order valence-electron chi connectivity index (χ2n) is 4.35. The van der Waals surface area contributed by atoms with Crippen molar-refractivity contribution in [1.82, 2.24) is 0 Å². The average molecular weight is 256 g/mol. The molecule has 2 nitrogen and oxygen atoms in total. The zero-order chi connectivity index (χ0) is 12.4. The van der Waals surface area contributed by atoms with Crippen molar-refractivity contribution in [3.8, 4) is 0 Å². The molecule has 1 aliphatic heterocycles. The number of aliphatic hydroxyl groups is 1. The Bertz CT molecular complexity index is 395. The molecule has 1 heterocycles. The van der Waals surface area contributed by atoms with Crippen LogP contribution in [0.5, 0.6) is 0 Å². The van der Waals surface area contributed by atoms with E-state index in [1.807, 2.05) is 13.0 Å². The van der Waals surface area contributed by atoms with E-state index in [2.05, 4.69) is 0 Å². The lowest BCUT2D eigenvalue weighted by Crippen LogP contribution is -2.14. The van der Waals surface area contributed by atoms with Gasteiger partial charge in [0.1, 0.15) is 5.82 Å². The van der Waals surface area contributed by atoms with Gasteiger partial charge in [0.2, 0.25) is 0 Å². The van der Waals surface area contributed by atoms with Crippen molar-refractivity contribution in [2.24, 2.45) is 0 Å². The predicted molar refractivity (Wildman–Crippen MR) is 66.7 cm³/mol. The third kappa shape index (κ3) is 2.81. The minimum atomic E-state index is -0.781. The van der Waals surface area contributed by atoms with Crippen molar-refractivity contribution in [3.63, 3.8) is 0 Å². The average Bonchev–Trinajstić information content (AvgIpc) is 2.64. The Balaban J connectivity index is 2.23. The fourth-order valence-electron chi connectivity index (χ4n) is 2.06. The molecule has 1 N–H and O–H groups in total. The largest absolute Gasteiger partial charge is 0.389 e. The Morgan fingerprint density at radius 2 is 2.29 bits per heavy atom. The van der Waals surface area contributed by atoms with Crippen LogP contribution in [-0.2, 0) is 4.74 Å². The van der Waals surface area contributed by atoms with Crippen LogP contribution in [-0.4, -0.2) is 23.1 Å². The van der Waals surface area contributed by atoms with E-state index in [9.17, 15) is 9.50 Å². The molecular formula is C13H17FO2S. The van der Waals surface area contributed by atoms with Gasteiger partial charge in [-0.05, 0) is 32.4 Å². The highest BCUT2D eigenvalue weighted by molar-refractivity contribution is 8.00. The number of hydrogen-bond acceptors (Lipinski definition) is 3. The lowest BCUT2D eigenvalue weighted by Gasteiger charge is -2.17. The summed E-state index contributed by atoms with van der Waals surface area (Å²) in [6.45, 7) is 4.39. The van der Waals surface area contributed by atoms with E-state index in [-0.39, 0.29) is 11.9 Å². The molecule has 1 fully saturated rings. The maximum absolute atomic E-state index is 13.7. The number of benzene rings is 1. The van der Waals surface area contributed by atoms with Crippen LogP contribution >= 0.6 is 11.8 Å². The monoisotopic (exact) mass is 256 g/mol. The minimum absolute atomic E-state index is 0.185. The highest BCUT2D eigenvalue weighted by Crippen LogP contribution is 2.37. The van der Waals surface area contributed by atoms with Crippen LogP contribution in [0.1, 0.15) is 31.9 Å². The summed E-state index contributed by atoms with van der Waals surface area (Å²) < 4.78 is 19.2. The lowest BCUT2D eigenvalue weighted by molar-refractivity contribution is 0.127. The van der Waals surface area contributed by atoms with Crippen molar-refractivity contribution < 1.29 is 14.2 Å². The predicted octanol–water partition coefficient (Wildman–Crippen LogP) is 3.15. The molecule has 0 aromatic heterocycles. The van der Waals surface area contributed by atoms with Gasteiger partial charge in [0.25, 0.3) is 0 Å². The molecule has 3 unspecified atom stereocenters. The molecule has 1 saturated heterocycles. The SMILES string of the molecule is CC(O)c1c(F)cccc1SC1CCOC1C. The number of rotatable bonds is 3. The van der Waals surface area contributed by atoms with Crippen molar-refractivity contribution in [1.29, 1.82) is 0 Å². The quantitative estimate of drug-likeness (QED) is 0.901. The van der Waals surface area contributed by atoms with E-state index < -0.39 is 6.10 Å². The maximum Gasteiger partial charge on any atom is 0.130 e. The lowest BCUT2D eigenvalue weighted by atomic mass is 10.1. The summed E-state index contributed by atoms with van der Waals surface area (Å²) in [4.78, 5) is 0.822. The van der Waals surface area contributed by atoms with E-state index in [0.717, 1.165) is 17.9 Å². The number of thioether (sulfide) groups is 1. The Labute approximate surface area is 105 Å². The molecular weight excluding hydrogens is 239 g/mol. The molecule has 1 aliphatic rings. The second-order valence-corrected chi connectivity index (χ2v) is 5.63. The third-order valence-electron chi connectivity index (χ3n) is 3.02. The fraction of sp³-hybridized carbons (Fsp3) is 0.538. The topological polar surface area (TPSA) is 29.5 Å². The normalized spacial score (nSPS) is 26.1. The molecule has 0 aliphatic carbocycles. The molecule has 3 atom stereocenters. The summed E-state index contributed by atoms with van der Waals surface area (Å²) in [6.07, 6.45) is 0.378. The summed E-state index contributed by atoms with van der Waals surface area (Å²) in [5.74, 6) is -0.337. The van der Waals surface area contributed by atoms with Gasteiger partial charge < -0.3 is 9.84 Å². The van der Waals surface area contributed by atoms with Gasteiger partial charge in [-0.25, -0.2) is 4.39 Å². The van der Waals surface area contributed by atoms with Crippen LogP contribution in [0.25, 0.3) is 0 Å². The van der Waals surface area contributed by atoms with Gasteiger partial charge in [-0.1, -0.05) is 6.07 Å². The van der Waals surface area contributed by atoms with Gasteiger partial charge in [0.15, 0.2) is 0 Å². The van der Waals surface area contributed by atoms with Crippen LogP contribution in [0.3, 0.4) is 0 Å². The minimum Gasteiger partial charge on any atom is -0.389 e. The smallest absolute Gasteiger partial charge is 0.130 e. The van der Waals surface area contributed by atoms with Crippen LogP contribution in [0.4, 0.5) is 4.39 Å². The zero-order valence-electron chi connectivity index (χ0n) is 10.0. The Hall–Kier alpha value is -0.580. The molecule has 2 rings (SSSR count). The first kappa shape index (κ1) is 12.9. The van der Waals surface area contributed by atoms with Gasteiger partial charge in [-0.15, -0.1) is 11.8 Å². The Kier molecular flexibility index (Phi) is 4.07. The molecule has 4 heteroatoms. The standard InChI is InChI=1S/C13H17FO2S/c1-8(15)13-10(14)4-3-5-12(13)17-11-6-7-16-9(11)2/h3-5,8-9,11,15H,6-7H2,1-2H3. The summed E-state index contributed by atoms with van der Waals surface area (Å²) in [5.41, 5.74) is 0.400. The first-order chi connectivity index (χ1) is 8.09. The summed E-state index contributed by atoms with van der Waals surface area (Å²) in [7, 11) is 0. The van der Waals surface area contributed by atoms with E-state index in [4.69, 9.17) is 4.74 Å². The summed E-state index contributed by atoms with van der Waals surface area (Å²) in [5, 5.41) is 9.98. The van der Waals surface area contributed by atoms with E-state index >= 15 is 0 Å². The zero-order valence-corrected chi connectivity index (χ0v) is 10.8. The number of aliphatic hydroxyl groups excluding tert-OH is 1. The molecule has 1 aromatic carbocycles. The maximum atomic E-state index is 13.7. The van der Waals surface area contributed by atoms with E-state index in [0.29, 0.717) is 10.8 Å². The Morgan fingerprint density at radius 1 is 1.53 bits per heavy atom. The molecule has 0 amide bonds. The summed E-state index contributed by atoms with van der Waals surface area (Å²) >= 11 is 1.60. The van der Waals surface area contributed by atoms with E-state index in [1.165, 1.54) is 6.07 Å². The van der Waals surface area contributed by atoms with Gasteiger partial charge in [-0.3, -0.25) is 0 Å². The van der Waals surface area contributed by atoms with E-state index in [1.54, 1.807) is 24.8 Å². The van der Waals surface area contributed by atoms with Crippen molar-refractivity contribution in [3.05, 3.63) is 29.6 Å². The first-order valence-electron chi connectivity index (χ1n) is 5.84. The number of hydrogen-bond donors (Lipinski definition) is 1. The summed E-state index contributed by atoms with van der Waals surface area (Å²) in [6, 6.07) is 4.94. The second kappa shape index (κ2) is 5.38. The van der Waals surface area contributed by atoms with Crippen molar-refractivity contribution in [2.75, 3.05) is 6.61 Å². The van der Waals surface area contributed by atoms with Gasteiger partial charge in [0.05, 0.1) is 12.2 Å². The molecule has 17 heavy (non-hydrogen) atoms. The van der Waals surface area contributed by atoms with Crippen LogP contribution in [0.15, 0.2) is 23.1 Å². The van der Waals surface area contributed by atoms with Crippen molar-refractivity contribution in [2.45, 2.75) is 42.6 Å². The van der Waals surface area contributed by atoms with Crippen LogP contribution in [0.2, 0.25) is 0 Å². The van der Waals surface area contributed by atoms with Crippen molar-refractivity contribution >= 4 is 11.8 Å². The van der Waals surface area contributed by atoms with Gasteiger partial charge in [-0.2, -0.15) is 0 Å². The van der Waals surface area contributed by atoms with Gasteiger partial charge >= 0.3 is 0 Å². The molecule has 0 bridgehead atoms. The Morgan fingerprint density at radius 3 is 2.88 bits per heavy atom. The molecule has 0 saturated carbocycles. The number of ether oxygens (including phenoxy) is 1. The number of halogens is 1. The fourth-order valence-corrected chi connectivity index (χ4v) is 3.42. The van der Waals surface area contributed by atoms with Crippen LogP contribution in [0, 0.1) is 5.82 Å². The molecule has 0 radical (unpaired) electrons. The molecule has 1 aromatic rings.